The zero-order chi connectivity index (χ0) is 22.2. The number of pyridine rings is 1. The van der Waals surface area contributed by atoms with Gasteiger partial charge in [0.25, 0.3) is 0 Å². The molecular weight excluding hydrogens is 457 g/mol. The Labute approximate surface area is 193 Å². The summed E-state index contributed by atoms with van der Waals surface area (Å²) in [5.74, 6) is -0.134. The highest BCUT2D eigenvalue weighted by Crippen LogP contribution is 2.39. The van der Waals surface area contributed by atoms with Crippen molar-refractivity contribution < 1.29 is 13.2 Å². The van der Waals surface area contributed by atoms with Crippen LogP contribution in [0.3, 0.4) is 0 Å². The number of rotatable bonds is 5. The van der Waals surface area contributed by atoms with E-state index in [0.717, 1.165) is 25.0 Å². The van der Waals surface area contributed by atoms with E-state index in [4.69, 9.17) is 23.2 Å². The molecule has 3 atom stereocenters. The summed E-state index contributed by atoms with van der Waals surface area (Å²) in [6.45, 7) is 2.93. The van der Waals surface area contributed by atoms with E-state index in [2.05, 4.69) is 4.98 Å². The number of hydrogen-bond donors (Lipinski definition) is 0. The molecule has 2 saturated heterocycles. The van der Waals surface area contributed by atoms with Gasteiger partial charge in [-0.2, -0.15) is 4.31 Å². The second-order valence-corrected chi connectivity index (χ2v) is 10.9. The largest absolute Gasteiger partial charge is 0.335 e. The van der Waals surface area contributed by atoms with E-state index < -0.39 is 16.1 Å². The molecule has 0 radical (unpaired) electrons. The fourth-order valence-electron chi connectivity index (χ4n) is 4.76. The van der Waals surface area contributed by atoms with Crippen molar-refractivity contribution in [3.63, 3.8) is 0 Å². The topological polar surface area (TPSA) is 70.6 Å². The molecule has 1 aromatic carbocycles. The van der Waals surface area contributed by atoms with Crippen LogP contribution in [-0.4, -0.2) is 47.1 Å². The Balaban J connectivity index is 1.75. The second kappa shape index (κ2) is 9.06. The summed E-state index contributed by atoms with van der Waals surface area (Å²) >= 11 is 12.2. The Bertz CT molecular complexity index is 1040. The lowest BCUT2D eigenvalue weighted by Gasteiger charge is -2.40. The Morgan fingerprint density at radius 1 is 1.13 bits per heavy atom. The molecule has 2 aliphatic heterocycles. The predicted octanol–water partition coefficient (Wildman–Crippen LogP) is 4.37. The molecule has 166 valence electrons. The van der Waals surface area contributed by atoms with E-state index in [1.807, 2.05) is 25.1 Å². The summed E-state index contributed by atoms with van der Waals surface area (Å²) in [5, 5.41) is 0.502. The van der Waals surface area contributed by atoms with Crippen molar-refractivity contribution in [1.82, 2.24) is 14.2 Å². The minimum atomic E-state index is -3.96. The maximum atomic E-state index is 13.8. The van der Waals surface area contributed by atoms with Crippen LogP contribution in [0.5, 0.6) is 0 Å². The number of hydrogen-bond acceptors (Lipinski definition) is 4. The highest BCUT2D eigenvalue weighted by Gasteiger charge is 2.49. The van der Waals surface area contributed by atoms with Crippen molar-refractivity contribution >= 4 is 39.1 Å². The van der Waals surface area contributed by atoms with Gasteiger partial charge in [0.2, 0.25) is 15.9 Å². The molecule has 0 spiro atoms. The number of benzene rings is 1. The summed E-state index contributed by atoms with van der Waals surface area (Å²) in [4.78, 5) is 19.7. The van der Waals surface area contributed by atoms with Gasteiger partial charge in [0.1, 0.15) is 6.04 Å². The third-order valence-corrected chi connectivity index (χ3v) is 8.57. The number of amides is 1. The molecule has 9 heteroatoms. The predicted molar refractivity (Wildman–Crippen MR) is 120 cm³/mol. The van der Waals surface area contributed by atoms with E-state index in [9.17, 15) is 13.2 Å². The maximum absolute atomic E-state index is 13.8. The summed E-state index contributed by atoms with van der Waals surface area (Å²) in [5.41, 5.74) is 0.790. The first kappa shape index (κ1) is 22.5. The van der Waals surface area contributed by atoms with Gasteiger partial charge in [0.15, 0.2) is 0 Å². The lowest BCUT2D eigenvalue weighted by atomic mass is 9.89. The number of carbonyl (C=O) groups excluding carboxylic acids is 1. The van der Waals surface area contributed by atoms with Gasteiger partial charge in [-0.05, 0) is 55.5 Å². The first-order valence-electron chi connectivity index (χ1n) is 10.5. The monoisotopic (exact) mass is 481 g/mol. The van der Waals surface area contributed by atoms with Gasteiger partial charge in [-0.25, -0.2) is 8.42 Å². The van der Waals surface area contributed by atoms with Crippen LogP contribution in [-0.2, 0) is 21.4 Å². The first-order valence-corrected chi connectivity index (χ1v) is 12.7. The molecule has 0 unspecified atom stereocenters. The van der Waals surface area contributed by atoms with Crippen LogP contribution in [0.4, 0.5) is 0 Å². The average Bonchev–Trinajstić information content (AvgIpc) is 2.81. The standard InChI is InChI=1S/C22H25Cl2N3O3S/c1-2-15-13-26(14-18-6-3-4-9-25-18)22(28)21-8-5-7-20(15)27(21)31(29,30)19-11-16(23)10-17(24)12-19/h3-4,6,9-12,15,20-21H,2,5,7-8,13-14H2,1H3/t15-,20-,21+/m1/s1. The van der Waals surface area contributed by atoms with Crippen LogP contribution in [0.2, 0.25) is 10.0 Å². The number of piperidine rings is 1. The number of fused-ring (bicyclic) bond motifs is 2. The van der Waals surface area contributed by atoms with Crippen LogP contribution in [0.25, 0.3) is 0 Å². The molecule has 2 aromatic rings. The van der Waals surface area contributed by atoms with E-state index >= 15 is 0 Å². The number of sulfonamides is 1. The third kappa shape index (κ3) is 4.46. The van der Waals surface area contributed by atoms with Gasteiger partial charge in [-0.3, -0.25) is 9.78 Å². The number of halogens is 2. The molecule has 1 aromatic heterocycles. The zero-order valence-electron chi connectivity index (χ0n) is 17.2. The molecule has 0 N–H and O–H groups in total. The Kier molecular flexibility index (Phi) is 6.58. The quantitative estimate of drug-likeness (QED) is 0.635. The summed E-state index contributed by atoms with van der Waals surface area (Å²) in [7, 11) is -3.96. The van der Waals surface area contributed by atoms with Crippen molar-refractivity contribution in [3.05, 3.63) is 58.3 Å². The highest BCUT2D eigenvalue weighted by molar-refractivity contribution is 7.89. The number of carbonyl (C=O) groups is 1. The molecule has 4 rings (SSSR count). The smallest absolute Gasteiger partial charge is 0.244 e. The minimum absolute atomic E-state index is 0.0300. The van der Waals surface area contributed by atoms with Crippen LogP contribution in [0.15, 0.2) is 47.5 Å². The third-order valence-electron chi connectivity index (χ3n) is 6.22. The molecule has 0 saturated carbocycles. The first-order chi connectivity index (χ1) is 14.8. The summed E-state index contributed by atoms with van der Waals surface area (Å²) < 4.78 is 29.0. The van der Waals surface area contributed by atoms with Crippen molar-refractivity contribution in [3.8, 4) is 0 Å². The zero-order valence-corrected chi connectivity index (χ0v) is 19.6. The fourth-order valence-corrected chi connectivity index (χ4v) is 7.38. The van der Waals surface area contributed by atoms with E-state index in [1.54, 1.807) is 11.1 Å². The van der Waals surface area contributed by atoms with E-state index in [1.165, 1.54) is 22.5 Å². The average molecular weight is 482 g/mol. The maximum Gasteiger partial charge on any atom is 0.244 e. The summed E-state index contributed by atoms with van der Waals surface area (Å²) in [6.07, 6.45) is 4.52. The van der Waals surface area contributed by atoms with Crippen molar-refractivity contribution in [2.75, 3.05) is 6.54 Å². The molecule has 1 amide bonds. The van der Waals surface area contributed by atoms with Gasteiger partial charge in [0, 0.05) is 28.8 Å². The number of nitrogens with zero attached hydrogens (tertiary/aromatic N) is 3. The normalized spacial score (nSPS) is 24.8. The van der Waals surface area contributed by atoms with Crippen LogP contribution >= 0.6 is 23.2 Å². The lowest BCUT2D eigenvalue weighted by molar-refractivity contribution is -0.135. The molecule has 31 heavy (non-hydrogen) atoms. The van der Waals surface area contributed by atoms with Gasteiger partial charge in [-0.15, -0.1) is 0 Å². The van der Waals surface area contributed by atoms with Crippen molar-refractivity contribution in [2.45, 2.75) is 56.1 Å². The van der Waals surface area contributed by atoms with E-state index in [-0.39, 0.29) is 32.8 Å². The van der Waals surface area contributed by atoms with E-state index in [0.29, 0.717) is 19.5 Å². The van der Waals surface area contributed by atoms with Gasteiger partial charge >= 0.3 is 0 Å². The van der Waals surface area contributed by atoms with Gasteiger partial charge in [-0.1, -0.05) is 42.6 Å². The SMILES string of the molecule is CC[C@@H]1CN(Cc2ccccn2)C(=O)[C@@H]2CCC[C@H]1N2S(=O)(=O)c1cc(Cl)cc(Cl)c1. The second-order valence-electron chi connectivity index (χ2n) is 8.16. The minimum Gasteiger partial charge on any atom is -0.335 e. The molecule has 2 fully saturated rings. The highest BCUT2D eigenvalue weighted by atomic mass is 35.5. The Hall–Kier alpha value is -1.67. The van der Waals surface area contributed by atoms with Crippen LogP contribution in [0, 0.1) is 5.92 Å². The number of aromatic nitrogens is 1. The molecule has 0 aliphatic carbocycles. The molecule has 6 nitrogen and oxygen atoms in total. The van der Waals surface area contributed by atoms with Gasteiger partial charge in [0.05, 0.1) is 17.1 Å². The Morgan fingerprint density at radius 2 is 1.87 bits per heavy atom. The van der Waals surface area contributed by atoms with Gasteiger partial charge < -0.3 is 4.90 Å². The van der Waals surface area contributed by atoms with Crippen molar-refractivity contribution in [1.29, 1.82) is 0 Å². The summed E-state index contributed by atoms with van der Waals surface area (Å²) in [6, 6.07) is 8.93. The van der Waals surface area contributed by atoms with Crippen LogP contribution < -0.4 is 0 Å². The van der Waals surface area contributed by atoms with Crippen molar-refractivity contribution in [2.24, 2.45) is 5.92 Å². The fraction of sp³-hybridized carbons (Fsp3) is 0.455. The molecule has 2 aliphatic rings. The lowest BCUT2D eigenvalue weighted by Crippen LogP contribution is -2.54. The Morgan fingerprint density at radius 3 is 2.52 bits per heavy atom. The molecular formula is C22H25Cl2N3O3S. The van der Waals surface area contributed by atoms with Crippen LogP contribution in [0.1, 0.15) is 38.3 Å². The molecule has 3 heterocycles. The molecule has 2 bridgehead atoms.